The largest absolute Gasteiger partial charge is 0.481 e. The highest BCUT2D eigenvalue weighted by Gasteiger charge is 2.23. The number of aromatic nitrogens is 1. The molecule has 1 atom stereocenters. The van der Waals surface area contributed by atoms with Crippen LogP contribution in [-0.4, -0.2) is 22.0 Å². The lowest BCUT2D eigenvalue weighted by Crippen LogP contribution is -2.27. The van der Waals surface area contributed by atoms with Crippen LogP contribution < -0.4 is 5.32 Å². The number of benzene rings is 2. The SMILES string of the molecule is O=C(O)CC(Cc1ccccc1)C(=O)Nc1nc(-c2ccccc2F)cs1. The minimum absolute atomic E-state index is 0.285. The molecule has 0 saturated heterocycles. The van der Waals surface area contributed by atoms with Gasteiger partial charge in [-0.1, -0.05) is 42.5 Å². The summed E-state index contributed by atoms with van der Waals surface area (Å²) in [6.07, 6.45) is 0.0246. The maximum Gasteiger partial charge on any atom is 0.304 e. The normalized spacial score (nSPS) is 11.7. The molecule has 0 spiro atoms. The van der Waals surface area contributed by atoms with E-state index in [0.717, 1.165) is 5.56 Å². The topological polar surface area (TPSA) is 79.3 Å². The molecular weight excluding hydrogens is 367 g/mol. The number of hydrogen-bond donors (Lipinski definition) is 2. The Hall–Kier alpha value is -3.06. The summed E-state index contributed by atoms with van der Waals surface area (Å²) in [5, 5.41) is 13.7. The first-order chi connectivity index (χ1) is 13.0. The molecule has 0 aliphatic rings. The van der Waals surface area contributed by atoms with Gasteiger partial charge in [0.15, 0.2) is 5.13 Å². The van der Waals surface area contributed by atoms with E-state index >= 15 is 0 Å². The zero-order chi connectivity index (χ0) is 19.2. The van der Waals surface area contributed by atoms with Crippen LogP contribution >= 0.6 is 11.3 Å². The van der Waals surface area contributed by atoms with Crippen molar-refractivity contribution >= 4 is 28.3 Å². The number of carboxylic acids is 1. The highest BCUT2D eigenvalue weighted by Crippen LogP contribution is 2.27. The first-order valence-electron chi connectivity index (χ1n) is 8.30. The maximum absolute atomic E-state index is 13.9. The molecule has 27 heavy (non-hydrogen) atoms. The van der Waals surface area contributed by atoms with Crippen molar-refractivity contribution in [2.75, 3.05) is 5.32 Å². The van der Waals surface area contributed by atoms with Crippen molar-refractivity contribution in [3.05, 3.63) is 71.4 Å². The predicted octanol–water partition coefficient (Wildman–Crippen LogP) is 4.22. The zero-order valence-electron chi connectivity index (χ0n) is 14.3. The molecule has 1 amide bonds. The van der Waals surface area contributed by atoms with Crippen LogP contribution in [0.25, 0.3) is 11.3 Å². The second-order valence-corrected chi connectivity index (χ2v) is 6.85. The Labute approximate surface area is 159 Å². The lowest BCUT2D eigenvalue weighted by Gasteiger charge is -2.14. The van der Waals surface area contributed by atoms with Gasteiger partial charge in [0.2, 0.25) is 5.91 Å². The molecule has 3 rings (SSSR count). The van der Waals surface area contributed by atoms with E-state index < -0.39 is 23.6 Å². The van der Waals surface area contributed by atoms with Crippen LogP contribution in [0.4, 0.5) is 9.52 Å². The molecule has 5 nitrogen and oxygen atoms in total. The number of nitrogens with one attached hydrogen (secondary N) is 1. The minimum Gasteiger partial charge on any atom is -0.481 e. The van der Waals surface area contributed by atoms with E-state index in [9.17, 15) is 14.0 Å². The van der Waals surface area contributed by atoms with E-state index in [-0.39, 0.29) is 6.42 Å². The lowest BCUT2D eigenvalue weighted by atomic mass is 9.95. The van der Waals surface area contributed by atoms with Gasteiger partial charge in [-0.3, -0.25) is 9.59 Å². The zero-order valence-corrected chi connectivity index (χ0v) is 15.1. The number of halogens is 1. The number of amides is 1. The molecule has 2 aromatic carbocycles. The van der Waals surface area contributed by atoms with Gasteiger partial charge in [0.05, 0.1) is 18.0 Å². The Morgan fingerprint density at radius 2 is 1.81 bits per heavy atom. The second-order valence-electron chi connectivity index (χ2n) is 5.99. The quantitative estimate of drug-likeness (QED) is 0.639. The summed E-state index contributed by atoms with van der Waals surface area (Å²) in [6.45, 7) is 0. The third kappa shape index (κ3) is 4.98. The Balaban J connectivity index is 1.74. The van der Waals surface area contributed by atoms with E-state index in [0.29, 0.717) is 22.8 Å². The molecule has 1 heterocycles. The summed E-state index contributed by atoms with van der Waals surface area (Å²) in [5.41, 5.74) is 1.65. The first-order valence-corrected chi connectivity index (χ1v) is 9.18. The fraction of sp³-hybridized carbons (Fsp3) is 0.150. The van der Waals surface area contributed by atoms with Crippen LogP contribution in [0.15, 0.2) is 60.0 Å². The van der Waals surface area contributed by atoms with E-state index in [1.807, 2.05) is 30.3 Å². The van der Waals surface area contributed by atoms with Gasteiger partial charge in [-0.15, -0.1) is 11.3 Å². The summed E-state index contributed by atoms with van der Waals surface area (Å²) in [7, 11) is 0. The van der Waals surface area contributed by atoms with Gasteiger partial charge < -0.3 is 10.4 Å². The molecule has 0 aliphatic carbocycles. The van der Waals surface area contributed by atoms with Gasteiger partial charge in [0.1, 0.15) is 5.82 Å². The molecule has 0 bridgehead atoms. The molecule has 1 unspecified atom stereocenters. The van der Waals surface area contributed by atoms with E-state index in [4.69, 9.17) is 5.11 Å². The van der Waals surface area contributed by atoms with Crippen molar-refractivity contribution in [2.45, 2.75) is 12.8 Å². The van der Waals surface area contributed by atoms with E-state index in [1.165, 1.54) is 17.4 Å². The summed E-state index contributed by atoms with van der Waals surface area (Å²) in [5.74, 6) is -2.59. The summed E-state index contributed by atoms with van der Waals surface area (Å²) in [6, 6.07) is 15.5. The summed E-state index contributed by atoms with van der Waals surface area (Å²) in [4.78, 5) is 28.0. The number of carbonyl (C=O) groups excluding carboxylic acids is 1. The van der Waals surface area contributed by atoms with Crippen LogP contribution in [0.2, 0.25) is 0 Å². The van der Waals surface area contributed by atoms with Gasteiger partial charge in [-0.2, -0.15) is 0 Å². The molecule has 2 N–H and O–H groups in total. The number of nitrogens with zero attached hydrogens (tertiary/aromatic N) is 1. The highest BCUT2D eigenvalue weighted by molar-refractivity contribution is 7.14. The Morgan fingerprint density at radius 3 is 2.52 bits per heavy atom. The smallest absolute Gasteiger partial charge is 0.304 e. The Kier molecular flexibility index (Phi) is 5.93. The molecule has 0 aliphatic heterocycles. The summed E-state index contributed by atoms with van der Waals surface area (Å²) < 4.78 is 13.9. The van der Waals surface area contributed by atoms with Crippen molar-refractivity contribution < 1.29 is 19.1 Å². The van der Waals surface area contributed by atoms with Crippen LogP contribution in [0.3, 0.4) is 0 Å². The van der Waals surface area contributed by atoms with Crippen molar-refractivity contribution in [1.82, 2.24) is 4.98 Å². The van der Waals surface area contributed by atoms with E-state index in [1.54, 1.807) is 23.6 Å². The monoisotopic (exact) mass is 384 g/mol. The third-order valence-electron chi connectivity index (χ3n) is 4.00. The standard InChI is InChI=1S/C20H17FN2O3S/c21-16-9-5-4-8-15(16)17-12-27-20(22-17)23-19(26)14(11-18(24)25)10-13-6-2-1-3-7-13/h1-9,12,14H,10-11H2,(H,24,25)(H,22,23,26). The molecular formula is C20H17FN2O3S. The summed E-state index contributed by atoms with van der Waals surface area (Å²) >= 11 is 1.17. The fourth-order valence-electron chi connectivity index (χ4n) is 2.70. The predicted molar refractivity (Wildman–Crippen MR) is 102 cm³/mol. The number of thiazole rings is 1. The van der Waals surface area contributed by atoms with Crippen molar-refractivity contribution in [3.63, 3.8) is 0 Å². The molecule has 0 radical (unpaired) electrons. The molecule has 3 aromatic rings. The van der Waals surface area contributed by atoms with Crippen molar-refractivity contribution in [2.24, 2.45) is 5.92 Å². The molecule has 0 fully saturated rings. The van der Waals surface area contributed by atoms with Gasteiger partial charge in [0.25, 0.3) is 0 Å². The Bertz CT molecular complexity index is 943. The average molecular weight is 384 g/mol. The average Bonchev–Trinajstić information content (AvgIpc) is 3.10. The number of rotatable bonds is 7. The number of aliphatic carboxylic acids is 1. The molecule has 1 aromatic heterocycles. The molecule has 138 valence electrons. The number of carbonyl (C=O) groups is 2. The van der Waals surface area contributed by atoms with E-state index in [2.05, 4.69) is 10.3 Å². The third-order valence-corrected chi connectivity index (χ3v) is 4.76. The van der Waals surface area contributed by atoms with Gasteiger partial charge in [-0.25, -0.2) is 9.37 Å². The fourth-order valence-corrected chi connectivity index (χ4v) is 3.41. The lowest BCUT2D eigenvalue weighted by molar-refractivity contribution is -0.140. The molecule has 7 heteroatoms. The maximum atomic E-state index is 13.9. The number of hydrogen-bond acceptors (Lipinski definition) is 4. The first kappa shape index (κ1) is 18.7. The van der Waals surface area contributed by atoms with Crippen LogP contribution in [0.5, 0.6) is 0 Å². The number of carboxylic acid groups (broad SMARTS) is 1. The Morgan fingerprint density at radius 1 is 1.11 bits per heavy atom. The second kappa shape index (κ2) is 8.55. The highest BCUT2D eigenvalue weighted by atomic mass is 32.1. The molecule has 0 saturated carbocycles. The number of anilines is 1. The van der Waals surface area contributed by atoms with Gasteiger partial charge >= 0.3 is 5.97 Å². The van der Waals surface area contributed by atoms with Crippen molar-refractivity contribution in [3.8, 4) is 11.3 Å². The van der Waals surface area contributed by atoms with Gasteiger partial charge in [0, 0.05) is 10.9 Å². The van der Waals surface area contributed by atoms with Crippen molar-refractivity contribution in [1.29, 1.82) is 0 Å². The van der Waals surface area contributed by atoms with Crippen LogP contribution in [0, 0.1) is 11.7 Å². The van der Waals surface area contributed by atoms with Crippen LogP contribution in [0.1, 0.15) is 12.0 Å². The van der Waals surface area contributed by atoms with Gasteiger partial charge in [-0.05, 0) is 24.1 Å². The minimum atomic E-state index is -1.04. The van der Waals surface area contributed by atoms with Crippen LogP contribution in [-0.2, 0) is 16.0 Å².